The number of nitrogens with one attached hydrogen (secondary N) is 1. The smallest absolute Gasteiger partial charge is 0.0664 e. The van der Waals surface area contributed by atoms with Crippen LogP contribution in [-0.2, 0) is 0 Å². The van der Waals surface area contributed by atoms with Gasteiger partial charge in [0.05, 0.1) is 12.1 Å². The first kappa shape index (κ1) is 14.4. The van der Waals surface area contributed by atoms with E-state index in [2.05, 4.69) is 57.3 Å². The van der Waals surface area contributed by atoms with Crippen molar-refractivity contribution < 1.29 is 5.11 Å². The molecule has 0 heterocycles. The quantitative estimate of drug-likeness (QED) is 0.862. The molecule has 0 aliphatic heterocycles. The predicted octanol–water partition coefficient (Wildman–Crippen LogP) is 3.98. The molecule has 0 saturated heterocycles. The maximum atomic E-state index is 9.97. The second kappa shape index (κ2) is 5.16. The first-order valence-corrected chi connectivity index (χ1v) is 7.33. The van der Waals surface area contributed by atoms with Gasteiger partial charge in [0.1, 0.15) is 0 Å². The summed E-state index contributed by atoms with van der Waals surface area (Å²) in [5.74, 6) is 0.473. The molecule has 2 N–H and O–H groups in total. The van der Waals surface area contributed by atoms with Crippen molar-refractivity contribution in [1.29, 1.82) is 0 Å². The van der Waals surface area contributed by atoms with Crippen molar-refractivity contribution in [3.8, 4) is 0 Å². The monoisotopic (exact) mass is 261 g/mol. The van der Waals surface area contributed by atoms with Crippen LogP contribution in [0.15, 0.2) is 24.3 Å². The van der Waals surface area contributed by atoms with E-state index < -0.39 is 0 Å². The minimum atomic E-state index is -0.165. The van der Waals surface area contributed by atoms with Gasteiger partial charge in [-0.2, -0.15) is 0 Å². The van der Waals surface area contributed by atoms with E-state index in [0.717, 1.165) is 24.9 Å². The van der Waals surface area contributed by atoms with Crippen LogP contribution in [0.1, 0.15) is 45.6 Å². The summed E-state index contributed by atoms with van der Waals surface area (Å²) in [5.41, 5.74) is 2.63. The average molecular weight is 261 g/mol. The lowest BCUT2D eigenvalue weighted by molar-refractivity contribution is 0.0684. The molecule has 19 heavy (non-hydrogen) atoms. The molecule has 1 aliphatic rings. The van der Waals surface area contributed by atoms with E-state index in [0.29, 0.717) is 11.3 Å². The minimum Gasteiger partial charge on any atom is -0.394 e. The molecule has 2 rings (SSSR count). The van der Waals surface area contributed by atoms with Crippen molar-refractivity contribution in [3.63, 3.8) is 0 Å². The number of hydrogen-bond acceptors (Lipinski definition) is 2. The van der Waals surface area contributed by atoms with Crippen molar-refractivity contribution in [2.75, 3.05) is 11.9 Å². The highest BCUT2D eigenvalue weighted by Gasteiger charge is 2.43. The molecule has 0 amide bonds. The van der Waals surface area contributed by atoms with Gasteiger partial charge >= 0.3 is 0 Å². The van der Waals surface area contributed by atoms with Gasteiger partial charge in [-0.1, -0.05) is 39.0 Å². The Balaban J connectivity index is 2.22. The van der Waals surface area contributed by atoms with E-state index in [1.807, 2.05) is 0 Å². The molecule has 1 saturated carbocycles. The molecule has 0 bridgehead atoms. The molecule has 0 aromatic heterocycles. The SMILES string of the molecule is Cc1ccccc1NC1(CO)CCC(C)(C)CC1C. The highest BCUT2D eigenvalue weighted by molar-refractivity contribution is 5.52. The van der Waals surface area contributed by atoms with Crippen LogP contribution in [0.4, 0.5) is 5.69 Å². The maximum Gasteiger partial charge on any atom is 0.0664 e. The zero-order valence-electron chi connectivity index (χ0n) is 12.7. The van der Waals surface area contributed by atoms with E-state index in [4.69, 9.17) is 0 Å². The molecule has 2 atom stereocenters. The van der Waals surface area contributed by atoms with Gasteiger partial charge in [-0.3, -0.25) is 0 Å². The summed E-state index contributed by atoms with van der Waals surface area (Å²) >= 11 is 0. The third-order valence-corrected chi connectivity index (χ3v) is 4.86. The van der Waals surface area contributed by atoms with Crippen LogP contribution in [0.2, 0.25) is 0 Å². The van der Waals surface area contributed by atoms with Crippen LogP contribution < -0.4 is 5.32 Å². The summed E-state index contributed by atoms with van der Waals surface area (Å²) in [5, 5.41) is 13.6. The highest BCUT2D eigenvalue weighted by Crippen LogP contribution is 2.45. The van der Waals surface area contributed by atoms with E-state index in [-0.39, 0.29) is 12.1 Å². The van der Waals surface area contributed by atoms with Gasteiger partial charge in [0.2, 0.25) is 0 Å². The molecule has 2 heteroatoms. The van der Waals surface area contributed by atoms with Gasteiger partial charge in [-0.05, 0) is 49.1 Å². The Hall–Kier alpha value is -1.02. The van der Waals surface area contributed by atoms with Crippen LogP contribution >= 0.6 is 0 Å². The van der Waals surface area contributed by atoms with Crippen LogP contribution in [-0.4, -0.2) is 17.3 Å². The normalized spacial score (nSPS) is 30.1. The molecule has 106 valence electrons. The van der Waals surface area contributed by atoms with Crippen LogP contribution in [0.5, 0.6) is 0 Å². The third kappa shape index (κ3) is 2.94. The summed E-state index contributed by atoms with van der Waals surface area (Å²) < 4.78 is 0. The largest absolute Gasteiger partial charge is 0.394 e. The molecule has 2 unspecified atom stereocenters. The van der Waals surface area contributed by atoms with Crippen LogP contribution in [0.3, 0.4) is 0 Å². The molecule has 2 nitrogen and oxygen atoms in total. The summed E-state index contributed by atoms with van der Waals surface area (Å²) in [6.07, 6.45) is 3.36. The minimum absolute atomic E-state index is 0.165. The fraction of sp³-hybridized carbons (Fsp3) is 0.647. The fourth-order valence-electron chi connectivity index (χ4n) is 3.38. The standard InChI is InChI=1S/C17H27NO/c1-13-7-5-6-8-15(13)18-17(12-19)10-9-16(3,4)11-14(17)2/h5-8,14,18-19H,9-12H2,1-4H3. The van der Waals surface area contributed by atoms with Crippen molar-refractivity contribution in [2.45, 2.75) is 52.5 Å². The Labute approximate surface area is 117 Å². The lowest BCUT2D eigenvalue weighted by atomic mass is 9.64. The molecule has 1 aromatic rings. The zero-order chi connectivity index (χ0) is 14.1. The lowest BCUT2D eigenvalue weighted by Crippen LogP contribution is -2.52. The number of para-hydroxylation sites is 1. The second-order valence-corrected chi connectivity index (χ2v) is 7.02. The number of hydrogen-bond donors (Lipinski definition) is 2. The molecule has 0 radical (unpaired) electrons. The van der Waals surface area contributed by atoms with Gasteiger partial charge in [0.15, 0.2) is 0 Å². The van der Waals surface area contributed by atoms with Crippen LogP contribution in [0, 0.1) is 18.3 Å². The third-order valence-electron chi connectivity index (χ3n) is 4.86. The molecule has 1 fully saturated rings. The molecular formula is C17H27NO. The van der Waals surface area contributed by atoms with E-state index in [1.54, 1.807) is 0 Å². The first-order valence-electron chi connectivity index (χ1n) is 7.33. The summed E-state index contributed by atoms with van der Waals surface area (Å²) in [6.45, 7) is 9.25. The van der Waals surface area contributed by atoms with E-state index >= 15 is 0 Å². The van der Waals surface area contributed by atoms with E-state index in [9.17, 15) is 5.11 Å². The average Bonchev–Trinajstić information content (AvgIpc) is 2.35. The zero-order valence-corrected chi connectivity index (χ0v) is 12.7. The van der Waals surface area contributed by atoms with Crippen molar-refractivity contribution in [2.24, 2.45) is 11.3 Å². The Kier molecular flexibility index (Phi) is 3.91. The maximum absolute atomic E-state index is 9.97. The van der Waals surface area contributed by atoms with Crippen molar-refractivity contribution in [1.82, 2.24) is 0 Å². The topological polar surface area (TPSA) is 32.3 Å². The Morgan fingerprint density at radius 3 is 2.53 bits per heavy atom. The Morgan fingerprint density at radius 1 is 1.26 bits per heavy atom. The first-order chi connectivity index (χ1) is 8.88. The second-order valence-electron chi connectivity index (χ2n) is 7.02. The number of aryl methyl sites for hydroxylation is 1. The van der Waals surface area contributed by atoms with Gasteiger partial charge in [-0.15, -0.1) is 0 Å². The van der Waals surface area contributed by atoms with Gasteiger partial charge < -0.3 is 10.4 Å². The Bertz CT molecular complexity index is 441. The summed E-state index contributed by atoms with van der Waals surface area (Å²) in [4.78, 5) is 0. The molecule has 1 aromatic carbocycles. The number of rotatable bonds is 3. The van der Waals surface area contributed by atoms with Crippen molar-refractivity contribution in [3.05, 3.63) is 29.8 Å². The van der Waals surface area contributed by atoms with Crippen LogP contribution in [0.25, 0.3) is 0 Å². The molecule has 0 spiro atoms. The lowest BCUT2D eigenvalue weighted by Gasteiger charge is -2.48. The summed E-state index contributed by atoms with van der Waals surface area (Å²) in [6, 6.07) is 8.33. The number of aliphatic hydroxyl groups excluding tert-OH is 1. The Morgan fingerprint density at radius 2 is 1.95 bits per heavy atom. The van der Waals surface area contributed by atoms with Gasteiger partial charge in [0, 0.05) is 5.69 Å². The molecule has 1 aliphatic carbocycles. The predicted molar refractivity (Wildman–Crippen MR) is 81.4 cm³/mol. The summed E-state index contributed by atoms with van der Waals surface area (Å²) in [7, 11) is 0. The van der Waals surface area contributed by atoms with Gasteiger partial charge in [0.25, 0.3) is 0 Å². The number of anilines is 1. The number of aliphatic hydroxyl groups is 1. The van der Waals surface area contributed by atoms with Crippen molar-refractivity contribution >= 4 is 5.69 Å². The van der Waals surface area contributed by atoms with Gasteiger partial charge in [-0.25, -0.2) is 0 Å². The fourth-order valence-corrected chi connectivity index (χ4v) is 3.38. The molecular weight excluding hydrogens is 234 g/mol. The number of benzene rings is 1. The highest BCUT2D eigenvalue weighted by atomic mass is 16.3. The van der Waals surface area contributed by atoms with E-state index in [1.165, 1.54) is 5.56 Å².